The average Bonchev–Trinajstić information content (AvgIpc) is 3.22. The van der Waals surface area contributed by atoms with Crippen molar-refractivity contribution in [1.29, 1.82) is 0 Å². The second-order valence-corrected chi connectivity index (χ2v) is 7.64. The van der Waals surface area contributed by atoms with Gasteiger partial charge in [0.2, 0.25) is 0 Å². The monoisotopic (exact) mass is 423 g/mol. The molecular formula is C24H29N3O4. The van der Waals surface area contributed by atoms with Crippen LogP contribution in [0.15, 0.2) is 54.7 Å². The molecule has 1 heterocycles. The van der Waals surface area contributed by atoms with E-state index in [-0.39, 0.29) is 17.6 Å². The summed E-state index contributed by atoms with van der Waals surface area (Å²) in [5.41, 5.74) is 1.96. The molecule has 7 nitrogen and oxygen atoms in total. The quantitative estimate of drug-likeness (QED) is 0.552. The maximum Gasteiger partial charge on any atom is 0.276 e. The predicted molar refractivity (Wildman–Crippen MR) is 119 cm³/mol. The van der Waals surface area contributed by atoms with Gasteiger partial charge in [0.25, 0.3) is 5.91 Å². The number of benzene rings is 2. The van der Waals surface area contributed by atoms with Crippen LogP contribution in [0.3, 0.4) is 0 Å². The van der Waals surface area contributed by atoms with Crippen molar-refractivity contribution in [2.75, 3.05) is 20.8 Å². The molecule has 0 spiro atoms. The third kappa shape index (κ3) is 5.36. The Balaban J connectivity index is 1.77. The number of rotatable bonds is 9. The molecule has 3 aromatic rings. The summed E-state index contributed by atoms with van der Waals surface area (Å²) in [6, 6.07) is 14.9. The molecule has 0 aliphatic heterocycles. The maximum atomic E-state index is 12.9. The van der Waals surface area contributed by atoms with E-state index in [1.165, 1.54) is 7.11 Å². The number of hydrogen-bond donors (Lipinski definition) is 1. The molecule has 3 rings (SSSR count). The van der Waals surface area contributed by atoms with Gasteiger partial charge in [-0.25, -0.2) is 4.68 Å². The number of nitrogens with zero attached hydrogens (tertiary/aromatic N) is 2. The standard InChI is InChI=1S/C24H29N3O4/c1-16(2)15-31-20-12-11-18(13-21(20)29-4)17(3)25-24(28)23-22(30-5)14-27(26-23)19-9-7-6-8-10-19/h6-14,16-17H,15H2,1-5H3,(H,25,28). The first-order chi connectivity index (χ1) is 14.9. The van der Waals surface area contributed by atoms with Crippen LogP contribution in [0, 0.1) is 5.92 Å². The van der Waals surface area contributed by atoms with Crippen molar-refractivity contribution in [2.45, 2.75) is 26.8 Å². The minimum absolute atomic E-state index is 0.224. The van der Waals surface area contributed by atoms with E-state index in [1.807, 2.05) is 55.5 Å². The Morgan fingerprint density at radius 3 is 2.35 bits per heavy atom. The van der Waals surface area contributed by atoms with Crippen LogP contribution in [0.4, 0.5) is 0 Å². The van der Waals surface area contributed by atoms with Crippen molar-refractivity contribution in [2.24, 2.45) is 5.92 Å². The van der Waals surface area contributed by atoms with Gasteiger partial charge in [0.1, 0.15) is 0 Å². The van der Waals surface area contributed by atoms with Gasteiger partial charge in [-0.05, 0) is 42.7 Å². The molecule has 0 bridgehead atoms. The highest BCUT2D eigenvalue weighted by atomic mass is 16.5. The van der Waals surface area contributed by atoms with Crippen LogP contribution in [-0.2, 0) is 0 Å². The highest BCUT2D eigenvalue weighted by Crippen LogP contribution is 2.31. The fraction of sp³-hybridized carbons (Fsp3) is 0.333. The number of amides is 1. The van der Waals surface area contributed by atoms with Gasteiger partial charge >= 0.3 is 0 Å². The van der Waals surface area contributed by atoms with Crippen molar-refractivity contribution in [1.82, 2.24) is 15.1 Å². The van der Waals surface area contributed by atoms with Gasteiger partial charge in [0.05, 0.1) is 38.8 Å². The minimum atomic E-state index is -0.321. The van der Waals surface area contributed by atoms with Gasteiger partial charge in [0.15, 0.2) is 22.9 Å². The fourth-order valence-corrected chi connectivity index (χ4v) is 3.06. The molecule has 2 aromatic carbocycles. The first-order valence-corrected chi connectivity index (χ1v) is 10.2. The number of aromatic nitrogens is 2. The number of para-hydroxylation sites is 1. The summed E-state index contributed by atoms with van der Waals surface area (Å²) < 4.78 is 18.3. The van der Waals surface area contributed by atoms with Crippen molar-refractivity contribution >= 4 is 5.91 Å². The Morgan fingerprint density at radius 2 is 1.71 bits per heavy atom. The topological polar surface area (TPSA) is 74.6 Å². The second-order valence-electron chi connectivity index (χ2n) is 7.64. The summed E-state index contributed by atoms with van der Waals surface area (Å²) in [6.45, 7) is 6.69. The molecule has 1 N–H and O–H groups in total. The van der Waals surface area contributed by atoms with Crippen LogP contribution < -0.4 is 19.5 Å². The van der Waals surface area contributed by atoms with Gasteiger partial charge in [-0.2, -0.15) is 5.10 Å². The van der Waals surface area contributed by atoms with E-state index in [1.54, 1.807) is 18.0 Å². The summed E-state index contributed by atoms with van der Waals surface area (Å²) in [7, 11) is 3.12. The van der Waals surface area contributed by atoms with E-state index in [0.29, 0.717) is 29.8 Å². The molecule has 0 aliphatic rings. The van der Waals surface area contributed by atoms with E-state index in [2.05, 4.69) is 24.3 Å². The fourth-order valence-electron chi connectivity index (χ4n) is 3.06. The molecular weight excluding hydrogens is 394 g/mol. The van der Waals surface area contributed by atoms with Crippen LogP contribution in [0.25, 0.3) is 5.69 Å². The molecule has 0 aliphatic carbocycles. The van der Waals surface area contributed by atoms with E-state index in [0.717, 1.165) is 11.3 Å². The van der Waals surface area contributed by atoms with E-state index in [4.69, 9.17) is 14.2 Å². The molecule has 0 saturated carbocycles. The molecule has 1 amide bonds. The first kappa shape index (κ1) is 22.2. The molecule has 0 radical (unpaired) electrons. The zero-order chi connectivity index (χ0) is 22.4. The summed E-state index contributed by atoms with van der Waals surface area (Å²) in [5.74, 6) is 1.81. The van der Waals surface area contributed by atoms with Crippen LogP contribution in [0.2, 0.25) is 0 Å². The highest BCUT2D eigenvalue weighted by molar-refractivity contribution is 5.95. The Labute approximate surface area is 182 Å². The van der Waals surface area contributed by atoms with Crippen LogP contribution in [-0.4, -0.2) is 36.5 Å². The van der Waals surface area contributed by atoms with E-state index >= 15 is 0 Å². The first-order valence-electron chi connectivity index (χ1n) is 10.2. The van der Waals surface area contributed by atoms with Crippen molar-refractivity contribution in [3.05, 3.63) is 66.0 Å². The number of ether oxygens (including phenoxy) is 3. The van der Waals surface area contributed by atoms with Gasteiger partial charge in [-0.15, -0.1) is 0 Å². The smallest absolute Gasteiger partial charge is 0.276 e. The lowest BCUT2D eigenvalue weighted by Crippen LogP contribution is -2.27. The Kier molecular flexibility index (Phi) is 7.18. The Hall–Kier alpha value is -3.48. The SMILES string of the molecule is COc1cc(C(C)NC(=O)c2nn(-c3ccccc3)cc2OC)ccc1OCC(C)C. The third-order valence-corrected chi connectivity index (χ3v) is 4.74. The largest absolute Gasteiger partial charge is 0.493 e. The normalized spacial score (nSPS) is 11.8. The lowest BCUT2D eigenvalue weighted by molar-refractivity contribution is 0.0931. The van der Waals surface area contributed by atoms with E-state index in [9.17, 15) is 4.79 Å². The molecule has 0 fully saturated rings. The predicted octanol–water partition coefficient (Wildman–Crippen LogP) is 4.42. The number of carbonyl (C=O) groups is 1. The van der Waals surface area contributed by atoms with Gasteiger partial charge < -0.3 is 19.5 Å². The zero-order valence-corrected chi connectivity index (χ0v) is 18.6. The summed E-state index contributed by atoms with van der Waals surface area (Å²) in [5, 5.41) is 7.40. The molecule has 1 unspecified atom stereocenters. The molecule has 31 heavy (non-hydrogen) atoms. The summed E-state index contributed by atoms with van der Waals surface area (Å²) in [4.78, 5) is 12.9. The van der Waals surface area contributed by atoms with Crippen LogP contribution in [0.5, 0.6) is 17.2 Å². The molecule has 1 atom stereocenters. The summed E-state index contributed by atoms with van der Waals surface area (Å²) >= 11 is 0. The Morgan fingerprint density at radius 1 is 1.00 bits per heavy atom. The third-order valence-electron chi connectivity index (χ3n) is 4.74. The zero-order valence-electron chi connectivity index (χ0n) is 18.6. The van der Waals surface area contributed by atoms with Gasteiger partial charge in [0, 0.05) is 0 Å². The summed E-state index contributed by atoms with van der Waals surface area (Å²) in [6.07, 6.45) is 1.69. The lowest BCUT2D eigenvalue weighted by Gasteiger charge is -2.17. The second kappa shape index (κ2) is 10.0. The van der Waals surface area contributed by atoms with Gasteiger partial charge in [-0.3, -0.25) is 4.79 Å². The highest BCUT2D eigenvalue weighted by Gasteiger charge is 2.21. The van der Waals surface area contributed by atoms with Crippen molar-refractivity contribution in [3.8, 4) is 22.9 Å². The molecule has 7 heteroatoms. The van der Waals surface area contributed by atoms with Crippen LogP contribution >= 0.6 is 0 Å². The lowest BCUT2D eigenvalue weighted by atomic mass is 10.1. The average molecular weight is 424 g/mol. The number of nitrogens with one attached hydrogen (secondary N) is 1. The van der Waals surface area contributed by atoms with Gasteiger partial charge in [-0.1, -0.05) is 38.1 Å². The number of hydrogen-bond acceptors (Lipinski definition) is 5. The van der Waals surface area contributed by atoms with E-state index < -0.39 is 0 Å². The maximum absolute atomic E-state index is 12.9. The Bertz CT molecular complexity index is 1010. The molecule has 164 valence electrons. The minimum Gasteiger partial charge on any atom is -0.493 e. The van der Waals surface area contributed by atoms with Crippen molar-refractivity contribution < 1.29 is 19.0 Å². The van der Waals surface area contributed by atoms with Crippen molar-refractivity contribution in [3.63, 3.8) is 0 Å². The number of carbonyl (C=O) groups excluding carboxylic acids is 1. The number of methoxy groups -OCH3 is 2. The van der Waals surface area contributed by atoms with Crippen LogP contribution in [0.1, 0.15) is 42.9 Å². The molecule has 1 aromatic heterocycles. The molecule has 0 saturated heterocycles.